The van der Waals surface area contributed by atoms with E-state index in [-0.39, 0.29) is 5.54 Å². The number of alkyl halides is 1. The summed E-state index contributed by atoms with van der Waals surface area (Å²) in [6.45, 7) is 4.94. The molecule has 1 rings (SSSR count). The van der Waals surface area contributed by atoms with Crippen LogP contribution in [0.15, 0.2) is 0 Å². The molecule has 1 aliphatic heterocycles. The number of likely N-dealkylation sites (tertiary alicyclic amines) is 1. The first kappa shape index (κ1) is 8.98. The highest BCUT2D eigenvalue weighted by Crippen LogP contribution is 2.31. The van der Waals surface area contributed by atoms with Gasteiger partial charge in [-0.3, -0.25) is 0 Å². The fourth-order valence-corrected chi connectivity index (χ4v) is 2.02. The van der Waals surface area contributed by atoms with Crippen LogP contribution in [0.25, 0.3) is 0 Å². The minimum Gasteiger partial charge on any atom is -0.301 e. The summed E-state index contributed by atoms with van der Waals surface area (Å²) < 4.78 is 12.7. The lowest BCUT2D eigenvalue weighted by molar-refractivity contribution is 0.141. The van der Waals surface area contributed by atoms with E-state index in [1.165, 1.54) is 6.42 Å². The molecule has 0 aromatic heterocycles. The first-order valence-electron chi connectivity index (χ1n) is 4.40. The van der Waals surface area contributed by atoms with Gasteiger partial charge in [0.1, 0.15) is 0 Å². The lowest BCUT2D eigenvalue weighted by Crippen LogP contribution is -2.39. The van der Waals surface area contributed by atoms with Crippen molar-refractivity contribution in [3.63, 3.8) is 0 Å². The topological polar surface area (TPSA) is 3.24 Å². The minimum atomic E-state index is -0.666. The van der Waals surface area contributed by atoms with E-state index in [2.05, 4.69) is 18.9 Å². The predicted molar refractivity (Wildman–Crippen MR) is 45.5 cm³/mol. The van der Waals surface area contributed by atoms with Gasteiger partial charge < -0.3 is 4.90 Å². The van der Waals surface area contributed by atoms with Gasteiger partial charge in [-0.25, -0.2) is 4.39 Å². The van der Waals surface area contributed by atoms with Gasteiger partial charge in [0, 0.05) is 5.54 Å². The molecule has 0 bridgehead atoms. The fourth-order valence-electron chi connectivity index (χ4n) is 2.02. The molecule has 1 nitrogen and oxygen atoms in total. The van der Waals surface area contributed by atoms with Gasteiger partial charge in [-0.05, 0) is 46.7 Å². The average molecular weight is 159 g/mol. The third-order valence-corrected chi connectivity index (χ3v) is 2.85. The van der Waals surface area contributed by atoms with Crippen molar-refractivity contribution in [2.24, 2.45) is 0 Å². The zero-order valence-electron chi connectivity index (χ0n) is 7.73. The highest BCUT2D eigenvalue weighted by atomic mass is 19.1. The quantitative estimate of drug-likeness (QED) is 0.597. The number of rotatable bonds is 2. The molecule has 1 aliphatic rings. The van der Waals surface area contributed by atoms with Gasteiger partial charge in [-0.1, -0.05) is 0 Å². The van der Waals surface area contributed by atoms with Gasteiger partial charge in [0.05, 0.1) is 6.17 Å². The molecule has 0 aromatic rings. The van der Waals surface area contributed by atoms with Crippen LogP contribution in [0.5, 0.6) is 0 Å². The first-order chi connectivity index (χ1) is 5.04. The zero-order valence-corrected chi connectivity index (χ0v) is 7.73. The Morgan fingerprint density at radius 1 is 1.64 bits per heavy atom. The molecule has 0 aliphatic carbocycles. The van der Waals surface area contributed by atoms with Crippen molar-refractivity contribution in [1.29, 1.82) is 0 Å². The second-order valence-electron chi connectivity index (χ2n) is 4.01. The predicted octanol–water partition coefficient (Wildman–Crippen LogP) is 2.22. The van der Waals surface area contributed by atoms with Crippen molar-refractivity contribution in [2.45, 2.75) is 44.8 Å². The molecule has 1 heterocycles. The van der Waals surface area contributed by atoms with Gasteiger partial charge in [0.25, 0.3) is 0 Å². The monoisotopic (exact) mass is 159 g/mol. The van der Waals surface area contributed by atoms with Gasteiger partial charge in [-0.2, -0.15) is 0 Å². The molecule has 0 radical (unpaired) electrons. The molecule has 0 aromatic carbocycles. The molecule has 0 spiro atoms. The number of halogens is 1. The molecule has 1 saturated heterocycles. The van der Waals surface area contributed by atoms with Crippen molar-refractivity contribution < 1.29 is 4.39 Å². The Balaban J connectivity index is 2.51. The van der Waals surface area contributed by atoms with Crippen LogP contribution in [0.3, 0.4) is 0 Å². The Hall–Kier alpha value is -0.110. The van der Waals surface area contributed by atoms with E-state index in [4.69, 9.17) is 0 Å². The minimum absolute atomic E-state index is 0.133. The molecule has 1 fully saturated rings. The Kier molecular flexibility index (Phi) is 2.53. The highest BCUT2D eigenvalue weighted by molar-refractivity contribution is 4.91. The van der Waals surface area contributed by atoms with Crippen LogP contribution in [-0.4, -0.2) is 30.2 Å². The molecule has 2 atom stereocenters. The van der Waals surface area contributed by atoms with Crippen LogP contribution in [0.1, 0.15) is 33.1 Å². The Morgan fingerprint density at radius 3 is 2.64 bits per heavy atom. The fraction of sp³-hybridized carbons (Fsp3) is 1.00. The van der Waals surface area contributed by atoms with Crippen molar-refractivity contribution >= 4 is 0 Å². The number of nitrogens with zero attached hydrogens (tertiary/aromatic N) is 1. The molecule has 2 heteroatoms. The highest BCUT2D eigenvalue weighted by Gasteiger charge is 2.34. The molecule has 0 amide bonds. The third-order valence-electron chi connectivity index (χ3n) is 2.85. The molecule has 0 saturated carbocycles. The molecule has 2 unspecified atom stereocenters. The number of hydrogen-bond acceptors (Lipinski definition) is 1. The Morgan fingerprint density at radius 2 is 2.27 bits per heavy atom. The van der Waals surface area contributed by atoms with E-state index >= 15 is 0 Å². The van der Waals surface area contributed by atoms with Crippen LogP contribution in [0.2, 0.25) is 0 Å². The lowest BCUT2D eigenvalue weighted by Gasteiger charge is -2.32. The van der Waals surface area contributed by atoms with E-state index in [1.54, 1.807) is 6.92 Å². The summed E-state index contributed by atoms with van der Waals surface area (Å²) in [5, 5.41) is 0. The van der Waals surface area contributed by atoms with E-state index in [0.717, 1.165) is 13.0 Å². The zero-order chi connectivity index (χ0) is 8.48. The summed E-state index contributed by atoms with van der Waals surface area (Å²) in [6, 6.07) is 0. The van der Waals surface area contributed by atoms with Crippen molar-refractivity contribution in [3.8, 4) is 0 Å². The van der Waals surface area contributed by atoms with Crippen molar-refractivity contribution in [3.05, 3.63) is 0 Å². The summed E-state index contributed by atoms with van der Waals surface area (Å²) in [6.07, 6.45) is 2.39. The van der Waals surface area contributed by atoms with Crippen LogP contribution in [0.4, 0.5) is 4.39 Å². The maximum absolute atomic E-state index is 12.7. The molecular weight excluding hydrogens is 141 g/mol. The normalized spacial score (nSPS) is 36.0. The molecule has 66 valence electrons. The van der Waals surface area contributed by atoms with Crippen LogP contribution >= 0.6 is 0 Å². The van der Waals surface area contributed by atoms with E-state index in [9.17, 15) is 4.39 Å². The van der Waals surface area contributed by atoms with Gasteiger partial charge >= 0.3 is 0 Å². The van der Waals surface area contributed by atoms with Crippen LogP contribution in [0, 0.1) is 0 Å². The standard InChI is InChI=1S/C9H18FN/c1-8(10)7-9(2)5-4-6-11(9)3/h8H,4-7H2,1-3H3. The second kappa shape index (κ2) is 3.10. The summed E-state index contributed by atoms with van der Waals surface area (Å²) in [5.41, 5.74) is 0.133. The molecular formula is C9H18FN. The van der Waals surface area contributed by atoms with E-state index in [0.29, 0.717) is 6.42 Å². The third kappa shape index (κ3) is 1.92. The lowest BCUT2D eigenvalue weighted by atomic mass is 9.93. The average Bonchev–Trinajstić information content (AvgIpc) is 2.11. The summed E-state index contributed by atoms with van der Waals surface area (Å²) in [4.78, 5) is 2.28. The summed E-state index contributed by atoms with van der Waals surface area (Å²) >= 11 is 0. The van der Waals surface area contributed by atoms with Gasteiger partial charge in [-0.15, -0.1) is 0 Å². The molecule has 11 heavy (non-hydrogen) atoms. The smallest absolute Gasteiger partial charge is 0.0991 e. The van der Waals surface area contributed by atoms with Crippen LogP contribution in [-0.2, 0) is 0 Å². The first-order valence-corrected chi connectivity index (χ1v) is 4.40. The Labute approximate surface area is 68.6 Å². The Bertz CT molecular complexity index is 136. The molecule has 0 N–H and O–H groups in total. The number of hydrogen-bond donors (Lipinski definition) is 0. The maximum Gasteiger partial charge on any atom is 0.0991 e. The van der Waals surface area contributed by atoms with Crippen molar-refractivity contribution in [2.75, 3.05) is 13.6 Å². The summed E-state index contributed by atoms with van der Waals surface area (Å²) in [7, 11) is 2.09. The second-order valence-corrected chi connectivity index (χ2v) is 4.01. The van der Waals surface area contributed by atoms with Crippen molar-refractivity contribution in [1.82, 2.24) is 4.90 Å². The maximum atomic E-state index is 12.7. The SMILES string of the molecule is CC(F)CC1(C)CCCN1C. The van der Waals surface area contributed by atoms with Crippen LogP contribution < -0.4 is 0 Å². The van der Waals surface area contributed by atoms with E-state index < -0.39 is 6.17 Å². The largest absolute Gasteiger partial charge is 0.301 e. The summed E-state index contributed by atoms with van der Waals surface area (Å²) in [5.74, 6) is 0. The van der Waals surface area contributed by atoms with E-state index in [1.807, 2.05) is 0 Å². The van der Waals surface area contributed by atoms with Gasteiger partial charge in [0.15, 0.2) is 0 Å². The van der Waals surface area contributed by atoms with Gasteiger partial charge in [0.2, 0.25) is 0 Å².